The van der Waals surface area contributed by atoms with Crippen molar-refractivity contribution in [2.24, 2.45) is 0 Å². The van der Waals surface area contributed by atoms with Crippen LogP contribution < -0.4 is 10.6 Å². The monoisotopic (exact) mass is 277 g/mol. The topological polar surface area (TPSA) is 67.2 Å². The van der Waals surface area contributed by atoms with Crippen molar-refractivity contribution in [2.45, 2.75) is 0 Å². The zero-order valence-electron chi connectivity index (χ0n) is 10.2. The molecule has 0 aliphatic heterocycles. The van der Waals surface area contributed by atoms with E-state index in [2.05, 4.69) is 10.6 Å². The zero-order valence-corrected chi connectivity index (χ0v) is 10.9. The summed E-state index contributed by atoms with van der Waals surface area (Å²) in [5.41, 5.74) is 1.46. The largest absolute Gasteiger partial charge is 0.382 e. The Kier molecular flexibility index (Phi) is 3.87. The highest BCUT2D eigenvalue weighted by Gasteiger charge is 2.19. The van der Waals surface area contributed by atoms with Crippen molar-refractivity contribution in [1.29, 1.82) is 0 Å². The van der Waals surface area contributed by atoms with Crippen LogP contribution >= 0.6 is 11.6 Å². The van der Waals surface area contributed by atoms with Gasteiger partial charge in [0.1, 0.15) is 11.4 Å². The van der Waals surface area contributed by atoms with Crippen LogP contribution in [0.15, 0.2) is 42.5 Å². The van der Waals surface area contributed by atoms with E-state index in [1.54, 1.807) is 43.4 Å². The molecule has 0 atom stereocenters. The number of hydrogen-bond donors (Lipinski definition) is 2. The maximum absolute atomic E-state index is 11.2. The Hall–Kier alpha value is -2.27. The van der Waals surface area contributed by atoms with Gasteiger partial charge in [-0.2, -0.15) is 0 Å². The lowest BCUT2D eigenvalue weighted by molar-refractivity contribution is -0.383. The summed E-state index contributed by atoms with van der Waals surface area (Å²) in [5, 5.41) is 17.5. The number of anilines is 3. The minimum atomic E-state index is -0.426. The minimum Gasteiger partial charge on any atom is -0.382 e. The van der Waals surface area contributed by atoms with E-state index in [-0.39, 0.29) is 5.69 Å². The SMILES string of the molecule is CNc1cccc(Nc2ccccc2Cl)c1[N+](=O)[O-]. The molecular weight excluding hydrogens is 266 g/mol. The van der Waals surface area contributed by atoms with Crippen LogP contribution in [0, 0.1) is 10.1 Å². The molecule has 5 nitrogen and oxygen atoms in total. The number of nitro benzene ring substituents is 1. The molecule has 98 valence electrons. The Balaban J connectivity index is 2.46. The highest BCUT2D eigenvalue weighted by Crippen LogP contribution is 2.35. The molecule has 2 aromatic rings. The molecule has 0 bridgehead atoms. The summed E-state index contributed by atoms with van der Waals surface area (Å²) in [7, 11) is 1.64. The van der Waals surface area contributed by atoms with Gasteiger partial charge in [0.25, 0.3) is 0 Å². The summed E-state index contributed by atoms with van der Waals surface area (Å²) in [6.07, 6.45) is 0. The Morgan fingerprint density at radius 3 is 2.32 bits per heavy atom. The maximum Gasteiger partial charge on any atom is 0.315 e. The van der Waals surface area contributed by atoms with Gasteiger partial charge in [0.05, 0.1) is 15.6 Å². The van der Waals surface area contributed by atoms with Crippen LogP contribution in [0.4, 0.5) is 22.7 Å². The zero-order chi connectivity index (χ0) is 13.8. The number of nitro groups is 1. The molecule has 0 aromatic heterocycles. The van der Waals surface area contributed by atoms with Gasteiger partial charge in [-0.3, -0.25) is 10.1 Å². The van der Waals surface area contributed by atoms with Crippen LogP contribution in [0.1, 0.15) is 0 Å². The molecule has 0 fully saturated rings. The maximum atomic E-state index is 11.2. The molecule has 0 spiro atoms. The van der Waals surface area contributed by atoms with Gasteiger partial charge < -0.3 is 10.6 Å². The summed E-state index contributed by atoms with van der Waals surface area (Å²) >= 11 is 6.03. The standard InChI is InChI=1S/C13H12ClN3O2/c1-15-11-7-4-8-12(13(11)17(18)19)16-10-6-3-2-5-9(10)14/h2-8,15-16H,1H3. The van der Waals surface area contributed by atoms with Crippen molar-refractivity contribution < 1.29 is 4.92 Å². The molecular formula is C13H12ClN3O2. The molecule has 2 N–H and O–H groups in total. The van der Waals surface area contributed by atoms with Crippen molar-refractivity contribution in [2.75, 3.05) is 17.7 Å². The lowest BCUT2D eigenvalue weighted by Crippen LogP contribution is -2.01. The van der Waals surface area contributed by atoms with Crippen LogP contribution in [0.5, 0.6) is 0 Å². The van der Waals surface area contributed by atoms with Gasteiger partial charge in [-0.05, 0) is 24.3 Å². The van der Waals surface area contributed by atoms with E-state index < -0.39 is 4.92 Å². The molecule has 0 amide bonds. The first-order valence-corrected chi connectivity index (χ1v) is 5.98. The second-order valence-electron chi connectivity index (χ2n) is 3.81. The molecule has 0 unspecified atom stereocenters. The Labute approximate surface area is 115 Å². The molecule has 2 rings (SSSR count). The normalized spacial score (nSPS) is 10.0. The fourth-order valence-corrected chi connectivity index (χ4v) is 1.93. The Morgan fingerprint density at radius 1 is 1.05 bits per heavy atom. The first-order valence-electron chi connectivity index (χ1n) is 5.60. The predicted molar refractivity (Wildman–Crippen MR) is 77.4 cm³/mol. The van der Waals surface area contributed by atoms with Gasteiger partial charge in [0.2, 0.25) is 0 Å². The van der Waals surface area contributed by atoms with E-state index >= 15 is 0 Å². The van der Waals surface area contributed by atoms with E-state index in [9.17, 15) is 10.1 Å². The molecule has 2 aromatic carbocycles. The summed E-state index contributed by atoms with van der Waals surface area (Å²) in [6, 6.07) is 12.1. The third-order valence-electron chi connectivity index (χ3n) is 2.63. The van der Waals surface area contributed by atoms with Gasteiger partial charge in [0.15, 0.2) is 0 Å². The van der Waals surface area contributed by atoms with Gasteiger partial charge in [-0.15, -0.1) is 0 Å². The van der Waals surface area contributed by atoms with Crippen molar-refractivity contribution in [1.82, 2.24) is 0 Å². The molecule has 0 saturated carbocycles. The van der Waals surface area contributed by atoms with E-state index in [0.29, 0.717) is 22.1 Å². The van der Waals surface area contributed by atoms with Gasteiger partial charge >= 0.3 is 5.69 Å². The van der Waals surface area contributed by atoms with Crippen LogP contribution in [0.3, 0.4) is 0 Å². The van der Waals surface area contributed by atoms with Crippen molar-refractivity contribution in [3.8, 4) is 0 Å². The quantitative estimate of drug-likeness (QED) is 0.654. The van der Waals surface area contributed by atoms with Crippen molar-refractivity contribution >= 4 is 34.4 Å². The van der Waals surface area contributed by atoms with E-state index in [4.69, 9.17) is 11.6 Å². The summed E-state index contributed by atoms with van der Waals surface area (Å²) in [6.45, 7) is 0. The lowest BCUT2D eigenvalue weighted by Gasteiger charge is -2.10. The lowest BCUT2D eigenvalue weighted by atomic mass is 10.2. The van der Waals surface area contributed by atoms with Crippen molar-refractivity contribution in [3.63, 3.8) is 0 Å². The van der Waals surface area contributed by atoms with Crippen molar-refractivity contribution in [3.05, 3.63) is 57.6 Å². The fourth-order valence-electron chi connectivity index (χ4n) is 1.75. The van der Waals surface area contributed by atoms with Crippen LogP contribution in [-0.2, 0) is 0 Å². The van der Waals surface area contributed by atoms with Gasteiger partial charge in [-0.25, -0.2) is 0 Å². The number of benzene rings is 2. The van der Waals surface area contributed by atoms with E-state index in [1.807, 2.05) is 6.07 Å². The Bertz CT molecular complexity index is 617. The third-order valence-corrected chi connectivity index (χ3v) is 2.96. The number of rotatable bonds is 4. The van der Waals surface area contributed by atoms with Crippen LogP contribution in [-0.4, -0.2) is 12.0 Å². The smallest absolute Gasteiger partial charge is 0.315 e. The molecule has 0 saturated heterocycles. The van der Waals surface area contributed by atoms with Gasteiger partial charge in [0, 0.05) is 7.05 Å². The highest BCUT2D eigenvalue weighted by atomic mass is 35.5. The predicted octanol–water partition coefficient (Wildman–Crippen LogP) is 4.03. The second kappa shape index (κ2) is 5.58. The summed E-state index contributed by atoms with van der Waals surface area (Å²) < 4.78 is 0. The van der Waals surface area contributed by atoms with Crippen LogP contribution in [0.2, 0.25) is 5.02 Å². The van der Waals surface area contributed by atoms with E-state index in [1.165, 1.54) is 0 Å². The van der Waals surface area contributed by atoms with Gasteiger partial charge in [-0.1, -0.05) is 29.8 Å². The molecule has 0 aliphatic carbocycles. The average molecular weight is 278 g/mol. The Morgan fingerprint density at radius 2 is 1.68 bits per heavy atom. The second-order valence-corrected chi connectivity index (χ2v) is 4.22. The molecule has 0 heterocycles. The molecule has 0 radical (unpaired) electrons. The molecule has 6 heteroatoms. The summed E-state index contributed by atoms with van der Waals surface area (Å²) in [4.78, 5) is 10.7. The first kappa shape index (κ1) is 13.2. The number of nitrogens with zero attached hydrogens (tertiary/aromatic N) is 1. The fraction of sp³-hybridized carbons (Fsp3) is 0.0769. The molecule has 0 aliphatic rings. The number of nitrogens with one attached hydrogen (secondary N) is 2. The summed E-state index contributed by atoms with van der Waals surface area (Å²) in [5.74, 6) is 0. The van der Waals surface area contributed by atoms with Crippen LogP contribution in [0.25, 0.3) is 0 Å². The average Bonchev–Trinajstić information content (AvgIpc) is 2.40. The molecule has 19 heavy (non-hydrogen) atoms. The highest BCUT2D eigenvalue weighted by molar-refractivity contribution is 6.33. The number of para-hydroxylation sites is 2. The van der Waals surface area contributed by atoms with E-state index in [0.717, 1.165) is 0 Å². The number of halogens is 1. The first-order chi connectivity index (χ1) is 9.13. The minimum absolute atomic E-state index is 0.00933. The third kappa shape index (κ3) is 2.77. The number of hydrogen-bond acceptors (Lipinski definition) is 4.